The third-order valence-electron chi connectivity index (χ3n) is 14.3. The second kappa shape index (κ2) is 50.7. The van der Waals surface area contributed by atoms with Gasteiger partial charge in [0.1, 0.15) is 19.8 Å². The summed E-state index contributed by atoms with van der Waals surface area (Å²) in [5.74, 6) is -4.01. The summed E-state index contributed by atoms with van der Waals surface area (Å²) in [7, 11) is 0. The minimum absolute atomic E-state index is 0.120. The highest BCUT2D eigenvalue weighted by atomic mass is 16.6. The molecule has 1 rings (SSSR count). The predicted octanol–water partition coefficient (Wildman–Crippen LogP) is 13.9. The zero-order chi connectivity index (χ0) is 58.0. The molecular formula is C63H112N2O14. The SMILES string of the molecule is CCCCCCCCC(=O)OCC(COC(=O)CCCCCCCC)CC(=O)OC[C@@H]1CC=CC[C@@H](COC(=O)CC(COC(=O)CCCCCCCC)COC(=O)CCCCCCCC)N1C(=O)OCCN(CCC)CCC. The van der Waals surface area contributed by atoms with E-state index in [-0.39, 0.29) is 109 Å². The number of hydrogen-bond donors (Lipinski definition) is 0. The Bertz CT molecular complexity index is 1460. The van der Waals surface area contributed by atoms with E-state index in [0.717, 1.165) is 154 Å². The van der Waals surface area contributed by atoms with E-state index < -0.39 is 42.0 Å². The van der Waals surface area contributed by atoms with Crippen LogP contribution in [0.1, 0.15) is 260 Å². The Morgan fingerprint density at radius 1 is 0.380 bits per heavy atom. The first-order chi connectivity index (χ1) is 38.4. The molecule has 0 fully saturated rings. The zero-order valence-electron chi connectivity index (χ0n) is 50.7. The summed E-state index contributed by atoms with van der Waals surface area (Å²) in [5.41, 5.74) is 0. The summed E-state index contributed by atoms with van der Waals surface area (Å²) >= 11 is 0. The van der Waals surface area contributed by atoms with E-state index in [9.17, 15) is 33.6 Å². The summed E-state index contributed by atoms with van der Waals surface area (Å²) in [6, 6.07) is -1.40. The van der Waals surface area contributed by atoms with Gasteiger partial charge >= 0.3 is 41.9 Å². The maximum atomic E-state index is 14.3. The monoisotopic (exact) mass is 1120 g/mol. The number of unbranched alkanes of at least 4 members (excludes halogenated alkanes) is 20. The van der Waals surface area contributed by atoms with Crippen LogP contribution < -0.4 is 0 Å². The Labute approximate surface area is 478 Å². The number of carbonyl (C=O) groups is 7. The van der Waals surface area contributed by atoms with Gasteiger partial charge in [0.05, 0.1) is 51.4 Å². The van der Waals surface area contributed by atoms with Gasteiger partial charge in [0.25, 0.3) is 0 Å². The second-order valence-electron chi connectivity index (χ2n) is 21.9. The topological polar surface area (TPSA) is 191 Å². The lowest BCUT2D eigenvalue weighted by atomic mass is 10.1. The Kier molecular flexibility index (Phi) is 46.7. The van der Waals surface area contributed by atoms with Crippen molar-refractivity contribution in [1.29, 1.82) is 0 Å². The van der Waals surface area contributed by atoms with Crippen LogP contribution in [0.25, 0.3) is 0 Å². The molecule has 2 atom stereocenters. The molecule has 79 heavy (non-hydrogen) atoms. The van der Waals surface area contributed by atoms with Gasteiger partial charge in [-0.25, -0.2) is 4.79 Å². The lowest BCUT2D eigenvalue weighted by Crippen LogP contribution is -2.51. The van der Waals surface area contributed by atoms with E-state index in [1.165, 1.54) is 4.90 Å². The highest BCUT2D eigenvalue weighted by Gasteiger charge is 2.35. The van der Waals surface area contributed by atoms with E-state index in [0.29, 0.717) is 45.1 Å². The number of hydrogen-bond acceptors (Lipinski definition) is 15. The lowest BCUT2D eigenvalue weighted by Gasteiger charge is -2.35. The molecule has 0 radical (unpaired) electrons. The van der Waals surface area contributed by atoms with Crippen LogP contribution in [-0.4, -0.2) is 130 Å². The van der Waals surface area contributed by atoms with Gasteiger partial charge < -0.3 is 33.2 Å². The molecule has 1 amide bonds. The maximum absolute atomic E-state index is 14.3. The first kappa shape index (κ1) is 72.8. The van der Waals surface area contributed by atoms with E-state index in [2.05, 4.69) is 46.4 Å². The number of nitrogens with zero attached hydrogens (tertiary/aromatic N) is 2. The van der Waals surface area contributed by atoms with Crippen molar-refractivity contribution in [1.82, 2.24) is 9.80 Å². The number of esters is 6. The predicted molar refractivity (Wildman–Crippen MR) is 310 cm³/mol. The largest absolute Gasteiger partial charge is 0.465 e. The lowest BCUT2D eigenvalue weighted by molar-refractivity contribution is -0.156. The summed E-state index contributed by atoms with van der Waals surface area (Å²) in [5, 5.41) is 0. The third-order valence-corrected chi connectivity index (χ3v) is 14.3. The van der Waals surface area contributed by atoms with Crippen molar-refractivity contribution in [3.63, 3.8) is 0 Å². The molecule has 0 aliphatic carbocycles. The average molecular weight is 1120 g/mol. The quantitative estimate of drug-likeness (QED) is 0.0242. The standard InChI is InChI=1S/C63H112N2O14/c1-7-13-17-21-25-29-37-57(66)74-47-53(48-75-58(67)38-30-26-22-18-14-8-2)45-61(70)78-51-55-35-33-34-36-56(65(55)63(72)73-44-43-64(41-11-5)42-12-6)52-79-62(71)46-54(49-76-59(68)39-31-27-23-19-15-9-3)50-77-60(69)40-32-28-24-20-16-10-4/h33-34,53-56H,7-32,35-52H2,1-6H3/t55-,56-/m0/s1. The van der Waals surface area contributed by atoms with E-state index in [1.807, 2.05) is 12.2 Å². The Morgan fingerprint density at radius 3 is 0.987 bits per heavy atom. The van der Waals surface area contributed by atoms with Crippen LogP contribution in [0.15, 0.2) is 12.2 Å². The van der Waals surface area contributed by atoms with Crippen molar-refractivity contribution in [2.24, 2.45) is 11.8 Å². The van der Waals surface area contributed by atoms with Crippen LogP contribution in [0.2, 0.25) is 0 Å². The molecule has 0 saturated heterocycles. The average Bonchev–Trinajstić information content (AvgIpc) is 3.66. The molecule has 458 valence electrons. The van der Waals surface area contributed by atoms with Gasteiger partial charge in [0.2, 0.25) is 0 Å². The van der Waals surface area contributed by atoms with Gasteiger partial charge in [0.15, 0.2) is 0 Å². The summed E-state index contributed by atoms with van der Waals surface area (Å²) < 4.78 is 40.2. The molecule has 16 heteroatoms. The molecule has 16 nitrogen and oxygen atoms in total. The Balaban J connectivity index is 3.22. The Hall–Kier alpha value is -4.21. The Morgan fingerprint density at radius 2 is 0.684 bits per heavy atom. The van der Waals surface area contributed by atoms with E-state index in [1.54, 1.807) is 0 Å². The molecule has 0 aromatic heterocycles. The van der Waals surface area contributed by atoms with Crippen LogP contribution in [0, 0.1) is 11.8 Å². The van der Waals surface area contributed by atoms with Crippen LogP contribution in [0.3, 0.4) is 0 Å². The molecule has 0 unspecified atom stereocenters. The van der Waals surface area contributed by atoms with Gasteiger partial charge in [-0.1, -0.05) is 182 Å². The van der Waals surface area contributed by atoms with E-state index >= 15 is 0 Å². The van der Waals surface area contributed by atoms with Crippen molar-refractivity contribution in [3.05, 3.63) is 12.2 Å². The van der Waals surface area contributed by atoms with Crippen LogP contribution in [0.4, 0.5) is 4.79 Å². The fourth-order valence-corrected chi connectivity index (χ4v) is 9.56. The van der Waals surface area contributed by atoms with Crippen LogP contribution in [0.5, 0.6) is 0 Å². The molecule has 0 aromatic rings. The molecular weight excluding hydrogens is 1010 g/mol. The summed E-state index contributed by atoms with van der Waals surface area (Å²) in [6.07, 6.45) is 30.8. The van der Waals surface area contributed by atoms with Crippen LogP contribution >= 0.6 is 0 Å². The maximum Gasteiger partial charge on any atom is 0.410 e. The van der Waals surface area contributed by atoms with Crippen molar-refractivity contribution in [2.45, 2.75) is 272 Å². The first-order valence-electron chi connectivity index (χ1n) is 31.7. The van der Waals surface area contributed by atoms with Gasteiger partial charge in [-0.3, -0.25) is 38.6 Å². The number of amides is 1. The molecule has 0 bridgehead atoms. The highest BCUT2D eigenvalue weighted by molar-refractivity contribution is 5.73. The van der Waals surface area contributed by atoms with Crippen molar-refractivity contribution >= 4 is 41.9 Å². The fourth-order valence-electron chi connectivity index (χ4n) is 9.56. The third kappa shape index (κ3) is 40.6. The van der Waals surface area contributed by atoms with Gasteiger partial charge in [-0.15, -0.1) is 0 Å². The highest BCUT2D eigenvalue weighted by Crippen LogP contribution is 2.23. The van der Waals surface area contributed by atoms with Crippen molar-refractivity contribution in [2.75, 3.05) is 65.9 Å². The molecule has 1 heterocycles. The zero-order valence-corrected chi connectivity index (χ0v) is 50.7. The fraction of sp³-hybridized carbons (Fsp3) is 0.857. The molecule has 0 spiro atoms. The molecule has 0 N–H and O–H groups in total. The smallest absolute Gasteiger partial charge is 0.410 e. The van der Waals surface area contributed by atoms with Gasteiger partial charge in [-0.05, 0) is 64.5 Å². The molecule has 1 aliphatic rings. The molecule has 0 aromatic carbocycles. The van der Waals surface area contributed by atoms with Gasteiger partial charge in [0, 0.05) is 44.1 Å². The molecule has 0 saturated carbocycles. The van der Waals surface area contributed by atoms with Gasteiger partial charge in [-0.2, -0.15) is 0 Å². The second-order valence-corrected chi connectivity index (χ2v) is 21.9. The normalized spacial score (nSPS) is 14.3. The van der Waals surface area contributed by atoms with Crippen LogP contribution in [-0.2, 0) is 61.9 Å². The number of carbonyl (C=O) groups excluding carboxylic acids is 7. The minimum Gasteiger partial charge on any atom is -0.465 e. The summed E-state index contributed by atoms with van der Waals surface area (Å²) in [4.78, 5) is 96.6. The van der Waals surface area contributed by atoms with Crippen molar-refractivity contribution < 1.29 is 66.7 Å². The minimum atomic E-state index is -0.699. The van der Waals surface area contributed by atoms with Crippen molar-refractivity contribution in [3.8, 4) is 0 Å². The number of ether oxygens (including phenoxy) is 7. The molecule has 1 aliphatic heterocycles. The number of rotatable bonds is 51. The summed E-state index contributed by atoms with van der Waals surface area (Å²) in [6.45, 7) is 14.3. The van der Waals surface area contributed by atoms with E-state index in [4.69, 9.17) is 33.2 Å². The first-order valence-corrected chi connectivity index (χ1v) is 31.7.